The van der Waals surface area contributed by atoms with Gasteiger partial charge in [0.15, 0.2) is 0 Å². The summed E-state index contributed by atoms with van der Waals surface area (Å²) in [6, 6.07) is 0. The third-order valence-electron chi connectivity index (χ3n) is 2.19. The zero-order valence-corrected chi connectivity index (χ0v) is 6.90. The Bertz CT molecular complexity index is 122. The van der Waals surface area contributed by atoms with E-state index < -0.39 is 0 Å². The van der Waals surface area contributed by atoms with E-state index in [2.05, 4.69) is 19.9 Å². The van der Waals surface area contributed by atoms with Gasteiger partial charge in [0.2, 0.25) is 0 Å². The van der Waals surface area contributed by atoms with Gasteiger partial charge in [-0.2, -0.15) is 0 Å². The summed E-state index contributed by atoms with van der Waals surface area (Å²) < 4.78 is 0. The van der Waals surface area contributed by atoms with E-state index in [1.807, 2.05) is 0 Å². The maximum absolute atomic E-state index is 4.01. The van der Waals surface area contributed by atoms with Gasteiger partial charge < -0.3 is 0 Å². The standard InChI is InChI=1S/C10H17/c1-9-6-4-3-5-7-10(2)8-9/h6,10H,1,3-5,7-8H2,2H3/b9-6-. The van der Waals surface area contributed by atoms with Crippen molar-refractivity contribution >= 4 is 0 Å². The molecule has 1 aliphatic rings. The highest BCUT2D eigenvalue weighted by molar-refractivity contribution is 5.06. The van der Waals surface area contributed by atoms with E-state index in [1.54, 1.807) is 0 Å². The molecule has 1 radical (unpaired) electrons. The van der Waals surface area contributed by atoms with Crippen molar-refractivity contribution in [2.45, 2.75) is 39.0 Å². The van der Waals surface area contributed by atoms with Gasteiger partial charge in [-0.25, -0.2) is 0 Å². The molecule has 0 heterocycles. The highest BCUT2D eigenvalue weighted by Crippen LogP contribution is 2.21. The Hall–Kier alpha value is -0.260. The van der Waals surface area contributed by atoms with Crippen LogP contribution >= 0.6 is 0 Å². The molecule has 1 rings (SSSR count). The lowest BCUT2D eigenvalue weighted by atomic mass is 9.93. The average molecular weight is 137 g/mol. The van der Waals surface area contributed by atoms with Crippen molar-refractivity contribution in [2.24, 2.45) is 5.92 Å². The third kappa shape index (κ3) is 2.55. The first-order chi connectivity index (χ1) is 4.79. The Labute approximate surface area is 64.3 Å². The number of hydrogen-bond donors (Lipinski definition) is 0. The summed E-state index contributed by atoms with van der Waals surface area (Å²) in [6.07, 6.45) is 8.95. The largest absolute Gasteiger partial charge is 0.0853 e. The molecule has 0 nitrogen and oxygen atoms in total. The summed E-state index contributed by atoms with van der Waals surface area (Å²) in [5.74, 6) is 0.865. The fourth-order valence-corrected chi connectivity index (χ4v) is 1.58. The molecule has 0 aromatic heterocycles. The van der Waals surface area contributed by atoms with Crippen LogP contribution in [-0.4, -0.2) is 0 Å². The summed E-state index contributed by atoms with van der Waals surface area (Å²) >= 11 is 0. The fourth-order valence-electron chi connectivity index (χ4n) is 1.58. The van der Waals surface area contributed by atoms with Crippen molar-refractivity contribution < 1.29 is 0 Å². The SMILES string of the molecule is [CH2]/C1=C/CCCCC(C)C1. The zero-order valence-electron chi connectivity index (χ0n) is 6.90. The smallest absolute Gasteiger partial charge is 0.0283 e. The average Bonchev–Trinajstić information content (AvgIpc) is 1.83. The Morgan fingerprint density at radius 1 is 1.50 bits per heavy atom. The van der Waals surface area contributed by atoms with Gasteiger partial charge in [-0.1, -0.05) is 31.4 Å². The second-order valence-corrected chi connectivity index (χ2v) is 3.46. The van der Waals surface area contributed by atoms with E-state index in [9.17, 15) is 0 Å². The normalized spacial score (nSPS) is 33.8. The Morgan fingerprint density at radius 3 is 3.10 bits per heavy atom. The molecular weight excluding hydrogens is 120 g/mol. The van der Waals surface area contributed by atoms with Crippen molar-refractivity contribution in [3.05, 3.63) is 18.6 Å². The predicted molar refractivity (Wildman–Crippen MR) is 45.7 cm³/mol. The van der Waals surface area contributed by atoms with E-state index in [4.69, 9.17) is 0 Å². The van der Waals surface area contributed by atoms with Gasteiger partial charge >= 0.3 is 0 Å². The minimum Gasteiger partial charge on any atom is -0.0853 e. The molecule has 57 valence electrons. The lowest BCUT2D eigenvalue weighted by Gasteiger charge is -2.13. The molecule has 0 N–H and O–H groups in total. The monoisotopic (exact) mass is 137 g/mol. The molecule has 0 spiro atoms. The van der Waals surface area contributed by atoms with E-state index >= 15 is 0 Å². The molecule has 1 atom stereocenters. The fraction of sp³-hybridized carbons (Fsp3) is 0.700. The molecule has 0 aromatic rings. The van der Waals surface area contributed by atoms with Crippen molar-refractivity contribution in [3.63, 3.8) is 0 Å². The third-order valence-corrected chi connectivity index (χ3v) is 2.19. The van der Waals surface area contributed by atoms with Crippen LogP contribution in [0, 0.1) is 12.8 Å². The van der Waals surface area contributed by atoms with Crippen LogP contribution in [-0.2, 0) is 0 Å². The molecule has 1 aliphatic carbocycles. The molecule has 0 aromatic carbocycles. The zero-order chi connectivity index (χ0) is 7.40. The van der Waals surface area contributed by atoms with Gasteiger partial charge in [-0.05, 0) is 32.1 Å². The van der Waals surface area contributed by atoms with E-state index in [1.165, 1.54) is 37.7 Å². The van der Waals surface area contributed by atoms with Crippen molar-refractivity contribution in [1.29, 1.82) is 0 Å². The van der Waals surface area contributed by atoms with Gasteiger partial charge in [0.1, 0.15) is 0 Å². The molecule has 0 bridgehead atoms. The van der Waals surface area contributed by atoms with Gasteiger partial charge in [0.25, 0.3) is 0 Å². The van der Waals surface area contributed by atoms with Gasteiger partial charge in [0, 0.05) is 0 Å². The predicted octanol–water partition coefficient (Wildman–Crippen LogP) is 3.35. The minimum atomic E-state index is 0.865. The summed E-state index contributed by atoms with van der Waals surface area (Å²) in [5, 5.41) is 0. The maximum atomic E-state index is 4.01. The molecule has 0 saturated heterocycles. The molecule has 0 aliphatic heterocycles. The van der Waals surface area contributed by atoms with Gasteiger partial charge in [0.05, 0.1) is 0 Å². The van der Waals surface area contributed by atoms with Crippen LogP contribution in [0.1, 0.15) is 39.0 Å². The van der Waals surface area contributed by atoms with Gasteiger partial charge in [-0.15, -0.1) is 0 Å². The number of hydrogen-bond acceptors (Lipinski definition) is 0. The topological polar surface area (TPSA) is 0 Å². The quantitative estimate of drug-likeness (QED) is 0.480. The molecule has 0 amide bonds. The first-order valence-electron chi connectivity index (χ1n) is 4.30. The maximum Gasteiger partial charge on any atom is -0.0283 e. The van der Waals surface area contributed by atoms with Crippen LogP contribution in [0.3, 0.4) is 0 Å². The molecule has 1 unspecified atom stereocenters. The van der Waals surface area contributed by atoms with Crippen LogP contribution in [0.4, 0.5) is 0 Å². The van der Waals surface area contributed by atoms with Crippen molar-refractivity contribution in [2.75, 3.05) is 0 Å². The van der Waals surface area contributed by atoms with Crippen LogP contribution in [0.5, 0.6) is 0 Å². The number of allylic oxidation sites excluding steroid dienone is 2. The first kappa shape index (κ1) is 7.84. The molecule has 0 heteroatoms. The van der Waals surface area contributed by atoms with Crippen LogP contribution in [0.25, 0.3) is 0 Å². The highest BCUT2D eigenvalue weighted by atomic mass is 14.1. The Balaban J connectivity index is 2.43. The number of rotatable bonds is 0. The lowest BCUT2D eigenvalue weighted by molar-refractivity contribution is 0.488. The van der Waals surface area contributed by atoms with E-state index in [0.29, 0.717) is 0 Å². The lowest BCUT2D eigenvalue weighted by Crippen LogP contribution is -1.98. The van der Waals surface area contributed by atoms with Crippen LogP contribution in [0.15, 0.2) is 11.6 Å². The molecule has 0 fully saturated rings. The molecule has 0 saturated carbocycles. The van der Waals surface area contributed by atoms with Crippen LogP contribution < -0.4 is 0 Å². The molecular formula is C10H17. The Morgan fingerprint density at radius 2 is 2.30 bits per heavy atom. The van der Waals surface area contributed by atoms with Crippen LogP contribution in [0.2, 0.25) is 0 Å². The summed E-state index contributed by atoms with van der Waals surface area (Å²) in [6.45, 7) is 6.33. The van der Waals surface area contributed by atoms with Crippen molar-refractivity contribution in [1.82, 2.24) is 0 Å². The van der Waals surface area contributed by atoms with Gasteiger partial charge in [-0.3, -0.25) is 0 Å². The second-order valence-electron chi connectivity index (χ2n) is 3.46. The minimum absolute atomic E-state index is 0.865. The van der Waals surface area contributed by atoms with E-state index in [0.717, 1.165) is 5.92 Å². The summed E-state index contributed by atoms with van der Waals surface area (Å²) in [7, 11) is 0. The first-order valence-corrected chi connectivity index (χ1v) is 4.30. The highest BCUT2D eigenvalue weighted by Gasteiger charge is 2.04. The van der Waals surface area contributed by atoms with Crippen molar-refractivity contribution in [3.8, 4) is 0 Å². The second kappa shape index (κ2) is 3.80. The molecule has 10 heavy (non-hydrogen) atoms. The Kier molecular flexibility index (Phi) is 2.98. The van der Waals surface area contributed by atoms with E-state index in [-0.39, 0.29) is 0 Å². The summed E-state index contributed by atoms with van der Waals surface area (Å²) in [4.78, 5) is 0. The summed E-state index contributed by atoms with van der Waals surface area (Å²) in [5.41, 5.74) is 1.35.